The Bertz CT molecular complexity index is 337. The van der Waals surface area contributed by atoms with Crippen LogP contribution in [0.1, 0.15) is 31.1 Å². The standard InChI is InChI=1S/C11H16N2O2/c1-4-15-11(14)9-5-10(7-12-6-9)13-8(2)3/h5-8,13H,4H2,1-3H3. The first kappa shape index (κ1) is 11.5. The van der Waals surface area contributed by atoms with Crippen LogP contribution < -0.4 is 5.32 Å². The highest BCUT2D eigenvalue weighted by molar-refractivity contribution is 5.90. The number of carbonyl (C=O) groups excluding carboxylic acids is 1. The van der Waals surface area contributed by atoms with E-state index in [0.717, 1.165) is 5.69 Å². The molecule has 0 saturated heterocycles. The van der Waals surface area contributed by atoms with Gasteiger partial charge in [0, 0.05) is 18.4 Å². The second-order valence-corrected chi connectivity index (χ2v) is 3.48. The van der Waals surface area contributed by atoms with Crippen molar-refractivity contribution in [1.82, 2.24) is 4.98 Å². The van der Waals surface area contributed by atoms with E-state index in [1.165, 1.54) is 6.20 Å². The molecule has 1 rings (SSSR count). The fourth-order valence-electron chi connectivity index (χ4n) is 1.18. The molecule has 0 aromatic carbocycles. The summed E-state index contributed by atoms with van der Waals surface area (Å²) in [5, 5.41) is 3.17. The summed E-state index contributed by atoms with van der Waals surface area (Å²) in [6.45, 7) is 6.20. The molecule has 0 spiro atoms. The number of aromatic nitrogens is 1. The lowest BCUT2D eigenvalue weighted by molar-refractivity contribution is 0.0526. The van der Waals surface area contributed by atoms with Crippen molar-refractivity contribution in [2.45, 2.75) is 26.8 Å². The normalized spacial score (nSPS) is 10.1. The SMILES string of the molecule is CCOC(=O)c1cncc(NC(C)C)c1. The van der Waals surface area contributed by atoms with Crippen molar-refractivity contribution in [3.8, 4) is 0 Å². The number of hydrogen-bond donors (Lipinski definition) is 1. The molecule has 1 heterocycles. The third-order valence-electron chi connectivity index (χ3n) is 1.70. The summed E-state index contributed by atoms with van der Waals surface area (Å²) >= 11 is 0. The average Bonchev–Trinajstić information content (AvgIpc) is 2.17. The van der Waals surface area contributed by atoms with Crippen molar-refractivity contribution < 1.29 is 9.53 Å². The number of ether oxygens (including phenoxy) is 1. The number of hydrogen-bond acceptors (Lipinski definition) is 4. The lowest BCUT2D eigenvalue weighted by Crippen LogP contribution is -2.11. The summed E-state index contributed by atoms with van der Waals surface area (Å²) in [5.74, 6) is -0.336. The molecular formula is C11H16N2O2. The van der Waals surface area contributed by atoms with Crippen molar-refractivity contribution in [1.29, 1.82) is 0 Å². The van der Waals surface area contributed by atoms with Gasteiger partial charge in [-0.1, -0.05) is 0 Å². The molecule has 0 saturated carbocycles. The molecule has 4 nitrogen and oxygen atoms in total. The number of carbonyl (C=O) groups is 1. The van der Waals surface area contributed by atoms with E-state index in [-0.39, 0.29) is 5.97 Å². The fraction of sp³-hybridized carbons (Fsp3) is 0.455. The van der Waals surface area contributed by atoms with Gasteiger partial charge < -0.3 is 10.1 Å². The van der Waals surface area contributed by atoms with Gasteiger partial charge in [0.25, 0.3) is 0 Å². The van der Waals surface area contributed by atoms with Crippen molar-refractivity contribution in [3.63, 3.8) is 0 Å². The van der Waals surface area contributed by atoms with Gasteiger partial charge in [0.2, 0.25) is 0 Å². The highest BCUT2D eigenvalue weighted by Crippen LogP contribution is 2.10. The number of esters is 1. The first-order valence-corrected chi connectivity index (χ1v) is 5.02. The van der Waals surface area contributed by atoms with Crippen LogP contribution in [-0.2, 0) is 4.74 Å². The molecule has 0 aliphatic heterocycles. The Morgan fingerprint density at radius 1 is 1.53 bits per heavy atom. The molecule has 82 valence electrons. The monoisotopic (exact) mass is 208 g/mol. The molecule has 0 aliphatic carbocycles. The largest absolute Gasteiger partial charge is 0.462 e. The van der Waals surface area contributed by atoms with Gasteiger partial charge in [0.15, 0.2) is 0 Å². The second-order valence-electron chi connectivity index (χ2n) is 3.48. The summed E-state index contributed by atoms with van der Waals surface area (Å²) < 4.78 is 4.88. The smallest absolute Gasteiger partial charge is 0.339 e. The number of anilines is 1. The van der Waals surface area contributed by atoms with Crippen LogP contribution in [0, 0.1) is 0 Å². The molecule has 1 aromatic heterocycles. The maximum absolute atomic E-state index is 11.4. The van der Waals surface area contributed by atoms with E-state index in [9.17, 15) is 4.79 Å². The van der Waals surface area contributed by atoms with Gasteiger partial charge >= 0.3 is 5.97 Å². The van der Waals surface area contributed by atoms with Crippen LogP contribution in [0.2, 0.25) is 0 Å². The fourth-order valence-corrected chi connectivity index (χ4v) is 1.18. The molecule has 4 heteroatoms. The Morgan fingerprint density at radius 2 is 2.27 bits per heavy atom. The summed E-state index contributed by atoms with van der Waals surface area (Å²) in [4.78, 5) is 15.4. The predicted octanol–water partition coefficient (Wildman–Crippen LogP) is 2.08. The van der Waals surface area contributed by atoms with Crippen LogP contribution >= 0.6 is 0 Å². The minimum atomic E-state index is -0.336. The number of nitrogens with zero attached hydrogens (tertiary/aromatic N) is 1. The Balaban J connectivity index is 2.78. The van der Waals surface area contributed by atoms with E-state index in [0.29, 0.717) is 18.2 Å². The first-order chi connectivity index (χ1) is 7.13. The summed E-state index contributed by atoms with van der Waals surface area (Å²) in [6, 6.07) is 2.05. The third-order valence-corrected chi connectivity index (χ3v) is 1.70. The van der Waals surface area contributed by atoms with Crippen LogP contribution in [0.15, 0.2) is 18.5 Å². The maximum Gasteiger partial charge on any atom is 0.339 e. The lowest BCUT2D eigenvalue weighted by Gasteiger charge is -2.10. The number of rotatable bonds is 4. The van der Waals surface area contributed by atoms with Crippen LogP contribution in [-0.4, -0.2) is 23.6 Å². The molecule has 0 fully saturated rings. The highest BCUT2D eigenvalue weighted by Gasteiger charge is 2.07. The van der Waals surface area contributed by atoms with E-state index in [1.807, 2.05) is 13.8 Å². The van der Waals surface area contributed by atoms with Gasteiger partial charge in [0.05, 0.1) is 17.9 Å². The summed E-state index contributed by atoms with van der Waals surface area (Å²) in [6.07, 6.45) is 3.19. The summed E-state index contributed by atoms with van der Waals surface area (Å²) in [7, 11) is 0. The van der Waals surface area contributed by atoms with Gasteiger partial charge in [-0.15, -0.1) is 0 Å². The predicted molar refractivity (Wildman–Crippen MR) is 59.0 cm³/mol. The quantitative estimate of drug-likeness (QED) is 0.770. The lowest BCUT2D eigenvalue weighted by atomic mass is 10.2. The average molecular weight is 208 g/mol. The Kier molecular flexibility index (Phi) is 4.09. The topological polar surface area (TPSA) is 51.2 Å². The van der Waals surface area contributed by atoms with E-state index >= 15 is 0 Å². The maximum atomic E-state index is 11.4. The molecule has 1 N–H and O–H groups in total. The Labute approximate surface area is 89.7 Å². The zero-order chi connectivity index (χ0) is 11.3. The molecule has 0 aliphatic rings. The molecular weight excluding hydrogens is 192 g/mol. The first-order valence-electron chi connectivity index (χ1n) is 5.02. The van der Waals surface area contributed by atoms with E-state index in [1.54, 1.807) is 19.2 Å². The molecule has 0 atom stereocenters. The minimum absolute atomic E-state index is 0.309. The van der Waals surface area contributed by atoms with E-state index in [4.69, 9.17) is 4.74 Å². The Morgan fingerprint density at radius 3 is 2.87 bits per heavy atom. The minimum Gasteiger partial charge on any atom is -0.462 e. The molecule has 15 heavy (non-hydrogen) atoms. The molecule has 0 amide bonds. The van der Waals surface area contributed by atoms with Crippen molar-refractivity contribution in [2.24, 2.45) is 0 Å². The van der Waals surface area contributed by atoms with Crippen LogP contribution in [0.4, 0.5) is 5.69 Å². The summed E-state index contributed by atoms with van der Waals surface area (Å²) in [5.41, 5.74) is 1.30. The second kappa shape index (κ2) is 5.34. The van der Waals surface area contributed by atoms with Gasteiger partial charge in [0.1, 0.15) is 0 Å². The number of pyridine rings is 1. The van der Waals surface area contributed by atoms with Crippen molar-refractivity contribution in [3.05, 3.63) is 24.0 Å². The molecule has 0 unspecified atom stereocenters. The molecule has 0 radical (unpaired) electrons. The highest BCUT2D eigenvalue weighted by atomic mass is 16.5. The molecule has 1 aromatic rings. The Hall–Kier alpha value is -1.58. The van der Waals surface area contributed by atoms with Crippen LogP contribution in [0.25, 0.3) is 0 Å². The van der Waals surface area contributed by atoms with E-state index < -0.39 is 0 Å². The van der Waals surface area contributed by atoms with Gasteiger partial charge in [-0.3, -0.25) is 4.98 Å². The van der Waals surface area contributed by atoms with E-state index in [2.05, 4.69) is 10.3 Å². The third kappa shape index (κ3) is 3.58. The van der Waals surface area contributed by atoms with Gasteiger partial charge in [-0.05, 0) is 26.8 Å². The van der Waals surface area contributed by atoms with Crippen molar-refractivity contribution >= 4 is 11.7 Å². The van der Waals surface area contributed by atoms with Gasteiger partial charge in [-0.2, -0.15) is 0 Å². The zero-order valence-electron chi connectivity index (χ0n) is 9.28. The zero-order valence-corrected chi connectivity index (χ0v) is 9.28. The molecule has 0 bridgehead atoms. The van der Waals surface area contributed by atoms with Crippen LogP contribution in [0.3, 0.4) is 0 Å². The van der Waals surface area contributed by atoms with Crippen molar-refractivity contribution in [2.75, 3.05) is 11.9 Å². The van der Waals surface area contributed by atoms with Gasteiger partial charge in [-0.25, -0.2) is 4.79 Å². The number of nitrogens with one attached hydrogen (secondary N) is 1. The van der Waals surface area contributed by atoms with Crippen LogP contribution in [0.5, 0.6) is 0 Å².